The Morgan fingerprint density at radius 3 is 2.42 bits per heavy atom. The van der Waals surface area contributed by atoms with E-state index < -0.39 is 22.5 Å². The number of allylic oxidation sites excluding steroid dienone is 1. The third kappa shape index (κ3) is 4.77. The minimum atomic E-state index is -0.862. The molecule has 1 aromatic heterocycles. The van der Waals surface area contributed by atoms with Gasteiger partial charge in [0.15, 0.2) is 16.3 Å². The number of carbonyl (C=O) groups excluding carboxylic acids is 1. The largest absolute Gasteiger partial charge is 0.496 e. The molecule has 3 aromatic rings. The highest BCUT2D eigenvalue weighted by molar-refractivity contribution is 7.07. The molecule has 0 spiro atoms. The highest BCUT2D eigenvalue weighted by Crippen LogP contribution is 2.36. The molecule has 0 fully saturated rings. The topological polar surface area (TPSA) is 131 Å². The van der Waals surface area contributed by atoms with Gasteiger partial charge in [-0.05, 0) is 43.7 Å². The van der Waals surface area contributed by atoms with Crippen molar-refractivity contribution in [3.63, 3.8) is 0 Å². The quantitative estimate of drug-likeness (QED) is 0.243. The van der Waals surface area contributed by atoms with Crippen molar-refractivity contribution in [2.45, 2.75) is 19.9 Å². The van der Waals surface area contributed by atoms with Crippen LogP contribution in [0.5, 0.6) is 17.2 Å². The molecule has 1 atom stereocenters. The number of ether oxygens (including phenoxy) is 4. The maximum atomic E-state index is 13.8. The molecule has 0 radical (unpaired) electrons. The van der Waals surface area contributed by atoms with Gasteiger partial charge in [-0.1, -0.05) is 17.4 Å². The van der Waals surface area contributed by atoms with E-state index in [1.807, 2.05) is 0 Å². The molecular weight excluding hydrogens is 514 g/mol. The summed E-state index contributed by atoms with van der Waals surface area (Å²) >= 11 is 1.10. The smallest absolute Gasteiger partial charge is 0.338 e. The summed E-state index contributed by atoms with van der Waals surface area (Å²) in [6.45, 7) is 3.52. The van der Waals surface area contributed by atoms with Crippen molar-refractivity contribution < 1.29 is 28.7 Å². The zero-order chi connectivity index (χ0) is 27.6. The molecule has 0 amide bonds. The van der Waals surface area contributed by atoms with Gasteiger partial charge in [-0.3, -0.25) is 19.5 Å². The third-order valence-corrected chi connectivity index (χ3v) is 6.93. The first kappa shape index (κ1) is 26.6. The fourth-order valence-electron chi connectivity index (χ4n) is 4.22. The molecule has 0 unspecified atom stereocenters. The van der Waals surface area contributed by atoms with Crippen molar-refractivity contribution >= 4 is 29.1 Å². The lowest BCUT2D eigenvalue weighted by Crippen LogP contribution is -2.40. The van der Waals surface area contributed by atoms with E-state index in [0.717, 1.165) is 11.3 Å². The highest BCUT2D eigenvalue weighted by Gasteiger charge is 2.34. The molecule has 0 N–H and O–H groups in total. The molecular formula is C26H25N3O8S. The number of hydrogen-bond acceptors (Lipinski definition) is 10. The van der Waals surface area contributed by atoms with Gasteiger partial charge >= 0.3 is 5.97 Å². The summed E-state index contributed by atoms with van der Waals surface area (Å²) in [5.74, 6) is 0.676. The Balaban J connectivity index is 1.99. The van der Waals surface area contributed by atoms with Gasteiger partial charge in [0.05, 0.1) is 54.7 Å². The summed E-state index contributed by atoms with van der Waals surface area (Å²) in [5, 5.41) is 11.3. The summed E-state index contributed by atoms with van der Waals surface area (Å²) in [4.78, 5) is 42.6. The van der Waals surface area contributed by atoms with Crippen LogP contribution in [0, 0.1) is 10.1 Å². The molecule has 1 aliphatic heterocycles. The lowest BCUT2D eigenvalue weighted by atomic mass is 9.95. The summed E-state index contributed by atoms with van der Waals surface area (Å²) in [6.07, 6.45) is 1.52. The third-order valence-electron chi connectivity index (χ3n) is 5.95. The Morgan fingerprint density at radius 2 is 1.79 bits per heavy atom. The highest BCUT2D eigenvalue weighted by atomic mass is 32.1. The number of esters is 1. The number of rotatable bonds is 8. The number of hydrogen-bond donors (Lipinski definition) is 0. The molecule has 0 saturated carbocycles. The Bertz CT molecular complexity index is 1640. The van der Waals surface area contributed by atoms with Crippen LogP contribution in [-0.2, 0) is 9.53 Å². The first-order valence-electron chi connectivity index (χ1n) is 11.5. The summed E-state index contributed by atoms with van der Waals surface area (Å²) in [6, 6.07) is 8.39. The molecule has 0 aliphatic carbocycles. The monoisotopic (exact) mass is 539 g/mol. The zero-order valence-corrected chi connectivity index (χ0v) is 22.2. The lowest BCUT2D eigenvalue weighted by molar-refractivity contribution is -0.384. The van der Waals surface area contributed by atoms with Gasteiger partial charge in [-0.2, -0.15) is 0 Å². The number of nitro groups is 1. The Morgan fingerprint density at radius 1 is 1.11 bits per heavy atom. The minimum absolute atomic E-state index is 0.144. The number of benzene rings is 2. The fraction of sp³-hybridized carbons (Fsp3) is 0.269. The summed E-state index contributed by atoms with van der Waals surface area (Å²) < 4.78 is 23.1. The SMILES string of the molecule is CCOC(=O)C1=C(C)N=c2s/c(=C/c3cc([N+](=O)[O-])ccc3OC)c(=O)n2[C@H]1c1ccc(OC)c(OC)c1. The van der Waals surface area contributed by atoms with Crippen molar-refractivity contribution in [1.82, 2.24) is 4.57 Å². The molecule has 1 aliphatic rings. The maximum Gasteiger partial charge on any atom is 0.338 e. The van der Waals surface area contributed by atoms with Gasteiger partial charge in [0.25, 0.3) is 11.2 Å². The molecule has 2 heterocycles. The predicted molar refractivity (Wildman–Crippen MR) is 140 cm³/mol. The normalized spacial score (nSPS) is 15.0. The van der Waals surface area contributed by atoms with Crippen molar-refractivity contribution in [3.8, 4) is 17.2 Å². The van der Waals surface area contributed by atoms with Crippen LogP contribution in [0.4, 0.5) is 5.69 Å². The molecule has 4 rings (SSSR count). The fourth-order valence-corrected chi connectivity index (χ4v) is 5.26. The van der Waals surface area contributed by atoms with Crippen LogP contribution in [0.2, 0.25) is 0 Å². The van der Waals surface area contributed by atoms with Crippen molar-refractivity contribution in [1.29, 1.82) is 0 Å². The van der Waals surface area contributed by atoms with Gasteiger partial charge in [0.2, 0.25) is 0 Å². The Kier molecular flexibility index (Phi) is 7.62. The second-order valence-electron chi connectivity index (χ2n) is 8.10. The van der Waals surface area contributed by atoms with E-state index in [4.69, 9.17) is 18.9 Å². The molecule has 12 heteroatoms. The maximum absolute atomic E-state index is 13.8. The van der Waals surface area contributed by atoms with Crippen LogP contribution in [-0.4, -0.2) is 43.4 Å². The van der Waals surface area contributed by atoms with E-state index in [-0.39, 0.29) is 22.4 Å². The summed E-state index contributed by atoms with van der Waals surface area (Å²) in [5.41, 5.74) is 0.983. The zero-order valence-electron chi connectivity index (χ0n) is 21.3. The lowest BCUT2D eigenvalue weighted by Gasteiger charge is -2.25. The second-order valence-corrected chi connectivity index (χ2v) is 9.11. The van der Waals surface area contributed by atoms with Crippen LogP contribution in [0.1, 0.15) is 31.0 Å². The van der Waals surface area contributed by atoms with Crippen molar-refractivity contribution in [2.75, 3.05) is 27.9 Å². The van der Waals surface area contributed by atoms with E-state index in [1.54, 1.807) is 32.0 Å². The Labute approximate surface area is 221 Å². The van der Waals surface area contributed by atoms with E-state index in [2.05, 4.69) is 4.99 Å². The number of carbonyl (C=O) groups is 1. The van der Waals surface area contributed by atoms with E-state index in [0.29, 0.717) is 38.9 Å². The van der Waals surface area contributed by atoms with E-state index >= 15 is 0 Å². The number of non-ortho nitro benzene ring substituents is 1. The second kappa shape index (κ2) is 10.9. The first-order valence-corrected chi connectivity index (χ1v) is 12.3. The number of thiazole rings is 1. The van der Waals surface area contributed by atoms with E-state index in [1.165, 1.54) is 50.2 Å². The predicted octanol–water partition coefficient (Wildman–Crippen LogP) is 2.73. The van der Waals surface area contributed by atoms with Gasteiger partial charge in [0.1, 0.15) is 5.75 Å². The average Bonchev–Trinajstić information content (AvgIpc) is 3.21. The van der Waals surface area contributed by atoms with Gasteiger partial charge < -0.3 is 18.9 Å². The van der Waals surface area contributed by atoms with Crippen LogP contribution < -0.4 is 29.1 Å². The minimum Gasteiger partial charge on any atom is -0.496 e. The van der Waals surface area contributed by atoms with Crippen LogP contribution in [0.15, 0.2) is 57.5 Å². The van der Waals surface area contributed by atoms with Crippen LogP contribution in [0.3, 0.4) is 0 Å². The van der Waals surface area contributed by atoms with Crippen molar-refractivity contribution in [2.24, 2.45) is 4.99 Å². The number of methoxy groups -OCH3 is 3. The molecule has 0 bridgehead atoms. The number of fused-ring (bicyclic) bond motifs is 1. The van der Waals surface area contributed by atoms with Gasteiger partial charge in [-0.25, -0.2) is 9.79 Å². The van der Waals surface area contributed by atoms with Crippen molar-refractivity contribution in [3.05, 3.63) is 88.6 Å². The molecule has 2 aromatic carbocycles. The standard InChI is InChI=1S/C26H25N3O8S/c1-6-37-25(31)22-14(2)27-26-28(23(22)15-7-9-19(35-4)20(12-15)36-5)24(30)21(38-26)13-16-11-17(29(32)33)8-10-18(16)34-3/h7-13,23H,6H2,1-5H3/b21-13+/t23-/m0/s1. The Hall–Kier alpha value is -4.45. The summed E-state index contributed by atoms with van der Waals surface area (Å²) in [7, 11) is 4.44. The van der Waals surface area contributed by atoms with E-state index in [9.17, 15) is 19.7 Å². The number of nitrogens with zero attached hydrogens (tertiary/aromatic N) is 3. The van der Waals surface area contributed by atoms with Gasteiger partial charge in [-0.15, -0.1) is 0 Å². The van der Waals surface area contributed by atoms with Gasteiger partial charge in [0, 0.05) is 17.7 Å². The molecule has 11 nitrogen and oxygen atoms in total. The average molecular weight is 540 g/mol. The number of aromatic nitrogens is 1. The molecule has 0 saturated heterocycles. The van der Waals surface area contributed by atoms with Crippen LogP contribution in [0.25, 0.3) is 6.08 Å². The van der Waals surface area contributed by atoms with Crippen LogP contribution >= 0.6 is 11.3 Å². The number of nitro benzene ring substituents is 1. The first-order chi connectivity index (χ1) is 18.2. The molecule has 198 valence electrons. The molecule has 38 heavy (non-hydrogen) atoms.